The fraction of sp³-hybridized carbons (Fsp3) is 0.182. The monoisotopic (exact) mass is 483 g/mol. The van der Waals surface area contributed by atoms with Crippen LogP contribution in [0.2, 0.25) is 5.02 Å². The van der Waals surface area contributed by atoms with Crippen molar-refractivity contribution >= 4 is 61.5 Å². The Hall–Kier alpha value is -1.18. The SMILES string of the molecule is O=C(Nc1c(Cl)cc(S(=O)C(F)(F)F)cc1Br)c1snnc1C(F)F. The molecular weight excluding hydrogens is 481 g/mol. The summed E-state index contributed by atoms with van der Waals surface area (Å²) >= 11 is 9.13. The number of carbonyl (C=O) groups excluding carboxylic acids is 1. The van der Waals surface area contributed by atoms with Crippen molar-refractivity contribution in [2.45, 2.75) is 16.8 Å². The Morgan fingerprint density at radius 3 is 2.52 bits per heavy atom. The van der Waals surface area contributed by atoms with Gasteiger partial charge in [-0.15, -0.1) is 5.10 Å². The zero-order valence-electron chi connectivity index (χ0n) is 11.4. The van der Waals surface area contributed by atoms with Crippen LogP contribution in [0.15, 0.2) is 21.5 Å². The highest BCUT2D eigenvalue weighted by Crippen LogP contribution is 2.37. The van der Waals surface area contributed by atoms with Gasteiger partial charge >= 0.3 is 5.51 Å². The van der Waals surface area contributed by atoms with E-state index in [0.29, 0.717) is 11.5 Å². The highest BCUT2D eigenvalue weighted by Gasteiger charge is 2.38. The molecule has 0 aliphatic heterocycles. The fourth-order valence-corrected chi connectivity index (χ4v) is 4.02. The van der Waals surface area contributed by atoms with Crippen LogP contribution >= 0.6 is 39.1 Å². The van der Waals surface area contributed by atoms with E-state index in [4.69, 9.17) is 11.6 Å². The summed E-state index contributed by atoms with van der Waals surface area (Å²) in [5.74, 6) is -1.02. The van der Waals surface area contributed by atoms with Crippen LogP contribution in [0.1, 0.15) is 21.8 Å². The molecule has 0 radical (unpaired) electrons. The van der Waals surface area contributed by atoms with Crippen LogP contribution in [-0.2, 0) is 10.8 Å². The van der Waals surface area contributed by atoms with Gasteiger partial charge in [0.1, 0.15) is 4.88 Å². The van der Waals surface area contributed by atoms with Crippen molar-refractivity contribution in [3.05, 3.63) is 32.2 Å². The molecule has 0 saturated heterocycles. The number of anilines is 1. The molecule has 1 atom stereocenters. The minimum atomic E-state index is -4.99. The molecule has 0 aliphatic rings. The lowest BCUT2D eigenvalue weighted by atomic mass is 10.3. The fourth-order valence-electron chi connectivity index (χ4n) is 1.58. The third-order valence-electron chi connectivity index (χ3n) is 2.60. The van der Waals surface area contributed by atoms with E-state index >= 15 is 0 Å². The van der Waals surface area contributed by atoms with Crippen molar-refractivity contribution in [2.24, 2.45) is 0 Å². The third kappa shape index (κ3) is 4.51. The summed E-state index contributed by atoms with van der Waals surface area (Å²) in [6.45, 7) is 0. The molecule has 1 heterocycles. The van der Waals surface area contributed by atoms with E-state index in [1.807, 2.05) is 0 Å². The van der Waals surface area contributed by atoms with Crippen LogP contribution in [0.4, 0.5) is 27.6 Å². The lowest BCUT2D eigenvalue weighted by Crippen LogP contribution is -2.17. The second-order valence-corrected chi connectivity index (χ2v) is 7.71. The molecule has 2 aromatic rings. The Labute approximate surface area is 156 Å². The average Bonchev–Trinajstić information content (AvgIpc) is 2.98. The predicted octanol–water partition coefficient (Wildman–Crippen LogP) is 4.77. The lowest BCUT2D eigenvalue weighted by Gasteiger charge is -2.12. The van der Waals surface area contributed by atoms with Crippen molar-refractivity contribution in [2.75, 3.05) is 5.32 Å². The highest BCUT2D eigenvalue weighted by atomic mass is 79.9. The largest absolute Gasteiger partial charge is 0.475 e. The Kier molecular flexibility index (Phi) is 6.12. The average molecular weight is 485 g/mol. The van der Waals surface area contributed by atoms with Crippen LogP contribution in [0.25, 0.3) is 0 Å². The predicted molar refractivity (Wildman–Crippen MR) is 84.4 cm³/mol. The van der Waals surface area contributed by atoms with Crippen LogP contribution < -0.4 is 5.32 Å². The van der Waals surface area contributed by atoms with Gasteiger partial charge in [-0.25, -0.2) is 13.0 Å². The van der Waals surface area contributed by atoms with E-state index in [2.05, 4.69) is 30.8 Å². The van der Waals surface area contributed by atoms with Gasteiger partial charge in [-0.3, -0.25) is 4.79 Å². The standard InChI is InChI=1S/C11H4BrClF5N3O2S2/c12-4-1-3(25(23)11(16,17)18)2-5(13)6(4)19-10(22)8-7(9(14)15)20-21-24-8/h1-2,9H,(H,19,22). The number of amides is 1. The van der Waals surface area contributed by atoms with Crippen LogP contribution in [0.5, 0.6) is 0 Å². The number of nitrogens with one attached hydrogen (secondary N) is 1. The summed E-state index contributed by atoms with van der Waals surface area (Å²) in [5, 5.41) is 4.95. The molecule has 5 nitrogen and oxygen atoms in total. The summed E-state index contributed by atoms with van der Waals surface area (Å²) in [6, 6.07) is 1.61. The van der Waals surface area contributed by atoms with Crippen LogP contribution in [-0.4, -0.2) is 25.2 Å². The molecule has 1 unspecified atom stereocenters. The quantitative estimate of drug-likeness (QED) is 0.635. The maximum atomic E-state index is 12.7. The molecular formula is C11H4BrClF5N3O2S2. The smallest absolute Gasteiger partial charge is 0.319 e. The van der Waals surface area contributed by atoms with E-state index in [1.54, 1.807) is 0 Å². The molecule has 14 heteroatoms. The molecule has 0 aliphatic carbocycles. The summed E-state index contributed by atoms with van der Waals surface area (Å²) in [5.41, 5.74) is -6.00. The van der Waals surface area contributed by atoms with Gasteiger partial charge in [0.15, 0.2) is 16.5 Å². The molecule has 1 aromatic carbocycles. The van der Waals surface area contributed by atoms with Gasteiger partial charge in [0.2, 0.25) is 0 Å². The van der Waals surface area contributed by atoms with Gasteiger partial charge in [-0.2, -0.15) is 13.2 Å². The van der Waals surface area contributed by atoms with Gasteiger partial charge in [0.25, 0.3) is 12.3 Å². The summed E-state index contributed by atoms with van der Waals surface area (Å²) in [4.78, 5) is 10.9. The van der Waals surface area contributed by atoms with Crippen molar-refractivity contribution in [1.82, 2.24) is 9.59 Å². The van der Waals surface area contributed by atoms with Crippen LogP contribution in [0, 0.1) is 0 Å². The number of hydrogen-bond acceptors (Lipinski definition) is 5. The minimum Gasteiger partial charge on any atom is -0.319 e. The van der Waals surface area contributed by atoms with E-state index < -0.39 is 44.1 Å². The van der Waals surface area contributed by atoms with Crippen molar-refractivity contribution < 1.29 is 31.0 Å². The van der Waals surface area contributed by atoms with Gasteiger partial charge in [0, 0.05) is 4.47 Å². The van der Waals surface area contributed by atoms with Gasteiger partial charge in [-0.05, 0) is 39.6 Å². The highest BCUT2D eigenvalue weighted by molar-refractivity contribution is 9.10. The van der Waals surface area contributed by atoms with Gasteiger partial charge < -0.3 is 5.32 Å². The lowest BCUT2D eigenvalue weighted by molar-refractivity contribution is -0.0384. The second kappa shape index (κ2) is 7.60. The number of aromatic nitrogens is 2. The Balaban J connectivity index is 2.33. The maximum Gasteiger partial charge on any atom is 0.475 e. The van der Waals surface area contributed by atoms with E-state index in [-0.39, 0.29) is 15.2 Å². The van der Waals surface area contributed by atoms with Crippen molar-refractivity contribution in [3.8, 4) is 0 Å². The number of alkyl halides is 5. The zero-order valence-corrected chi connectivity index (χ0v) is 15.4. The topological polar surface area (TPSA) is 72.0 Å². The molecule has 1 N–H and O–H groups in total. The Morgan fingerprint density at radius 1 is 1.36 bits per heavy atom. The number of carbonyl (C=O) groups is 1. The second-order valence-electron chi connectivity index (χ2n) is 4.22. The van der Waals surface area contributed by atoms with E-state index in [1.165, 1.54) is 0 Å². The minimum absolute atomic E-state index is 0.114. The molecule has 136 valence electrons. The first-order valence-corrected chi connectivity index (χ1v) is 9.01. The molecule has 0 saturated carbocycles. The van der Waals surface area contributed by atoms with E-state index in [0.717, 1.165) is 12.1 Å². The Bertz CT molecular complexity index is 822. The third-order valence-corrected chi connectivity index (χ3v) is 5.35. The maximum absolute atomic E-state index is 12.7. The first-order valence-electron chi connectivity index (χ1n) is 5.91. The molecule has 25 heavy (non-hydrogen) atoms. The number of halogens is 7. The van der Waals surface area contributed by atoms with Crippen molar-refractivity contribution in [3.63, 3.8) is 0 Å². The molecule has 1 aromatic heterocycles. The Morgan fingerprint density at radius 2 is 2.00 bits per heavy atom. The van der Waals surface area contributed by atoms with Crippen molar-refractivity contribution in [1.29, 1.82) is 0 Å². The normalized spacial score (nSPS) is 13.1. The number of benzene rings is 1. The van der Waals surface area contributed by atoms with Crippen LogP contribution in [0.3, 0.4) is 0 Å². The summed E-state index contributed by atoms with van der Waals surface area (Å²) in [7, 11) is -3.33. The van der Waals surface area contributed by atoms with Gasteiger partial charge in [-0.1, -0.05) is 16.1 Å². The number of hydrogen-bond donors (Lipinski definition) is 1. The number of rotatable bonds is 4. The molecule has 1 amide bonds. The molecule has 0 fully saturated rings. The molecule has 2 rings (SSSR count). The van der Waals surface area contributed by atoms with E-state index in [9.17, 15) is 31.0 Å². The summed E-state index contributed by atoms with van der Waals surface area (Å²) < 4.78 is 77.4. The molecule has 0 bridgehead atoms. The van der Waals surface area contributed by atoms with Gasteiger partial charge in [0.05, 0.1) is 15.6 Å². The zero-order chi connectivity index (χ0) is 18.9. The molecule has 0 spiro atoms. The first kappa shape index (κ1) is 20.1. The first-order chi connectivity index (χ1) is 11.5. The summed E-state index contributed by atoms with van der Waals surface area (Å²) in [6.07, 6.45) is -3.03. The number of nitrogens with zero attached hydrogens (tertiary/aromatic N) is 2.